The first-order valence-electron chi connectivity index (χ1n) is 10.2. The number of benzene rings is 1. The minimum atomic E-state index is -0.196. The minimum Gasteiger partial charge on any atom is -0.337 e. The number of hydrogen-bond acceptors (Lipinski definition) is 2. The highest BCUT2D eigenvalue weighted by molar-refractivity contribution is 6.18. The summed E-state index contributed by atoms with van der Waals surface area (Å²) in [4.78, 5) is 27.6. The smallest absolute Gasteiger partial charge is 0.270 e. The molecule has 1 heterocycles. The lowest BCUT2D eigenvalue weighted by Gasteiger charge is -2.32. The van der Waals surface area contributed by atoms with Gasteiger partial charge in [-0.2, -0.15) is 0 Å². The summed E-state index contributed by atoms with van der Waals surface area (Å²) < 4.78 is 1.46. The zero-order valence-electron chi connectivity index (χ0n) is 17.1. The van der Waals surface area contributed by atoms with Gasteiger partial charge in [0.2, 0.25) is 0 Å². The summed E-state index contributed by atoms with van der Waals surface area (Å²) in [6.07, 6.45) is 9.11. The van der Waals surface area contributed by atoms with Crippen molar-refractivity contribution in [2.45, 2.75) is 57.9 Å². The molecule has 1 aliphatic rings. The largest absolute Gasteiger partial charge is 0.337 e. The molecule has 4 heteroatoms. The van der Waals surface area contributed by atoms with Crippen LogP contribution in [0.4, 0.5) is 0 Å². The maximum atomic E-state index is 13.4. The van der Waals surface area contributed by atoms with Crippen LogP contribution < -0.4 is 5.56 Å². The molecule has 1 amide bonds. The van der Waals surface area contributed by atoms with E-state index < -0.39 is 0 Å². The van der Waals surface area contributed by atoms with Gasteiger partial charge in [-0.25, -0.2) is 0 Å². The number of carbonyl (C=O) groups excluding carboxylic acids is 1. The van der Waals surface area contributed by atoms with Gasteiger partial charge >= 0.3 is 0 Å². The Morgan fingerprint density at radius 1 is 1.07 bits per heavy atom. The normalized spacial score (nSPS) is 15.6. The van der Waals surface area contributed by atoms with Gasteiger partial charge in [0.1, 0.15) is 5.70 Å². The standard InChI is InChI=1S/C24H30N2O2/c1-18(2)20-14-12-19(13-15-20)17-22(26-16-8-7-11-23(26)27)24(28)25(3)21-9-5-4-6-10-21/h7-8,11-18,21H,4-6,9-10H2,1-3H3. The van der Waals surface area contributed by atoms with E-state index in [0.717, 1.165) is 31.2 Å². The SMILES string of the molecule is CC(C)c1ccc(C=C(C(=O)N(C)C2CCCCC2)n2ccccc2=O)cc1. The monoisotopic (exact) mass is 378 g/mol. The number of amides is 1. The number of aromatic nitrogens is 1. The fraction of sp³-hybridized carbons (Fsp3) is 0.417. The van der Waals surface area contributed by atoms with Gasteiger partial charge in [-0.3, -0.25) is 14.2 Å². The molecule has 1 aromatic heterocycles. The fourth-order valence-electron chi connectivity index (χ4n) is 3.81. The lowest BCUT2D eigenvalue weighted by Crippen LogP contribution is -2.40. The van der Waals surface area contributed by atoms with Crippen LogP contribution in [0.25, 0.3) is 11.8 Å². The molecule has 1 fully saturated rings. The molecule has 2 aromatic rings. The van der Waals surface area contributed by atoms with Gasteiger partial charge in [0.05, 0.1) is 0 Å². The third kappa shape index (κ3) is 4.61. The van der Waals surface area contributed by atoms with Gasteiger partial charge in [-0.1, -0.05) is 63.4 Å². The van der Waals surface area contributed by atoms with Gasteiger partial charge in [0.25, 0.3) is 11.5 Å². The van der Waals surface area contributed by atoms with Gasteiger partial charge in [0.15, 0.2) is 0 Å². The molecule has 0 atom stereocenters. The molecule has 1 aliphatic carbocycles. The first-order chi connectivity index (χ1) is 13.5. The van der Waals surface area contributed by atoms with E-state index in [1.54, 1.807) is 18.3 Å². The summed E-state index contributed by atoms with van der Waals surface area (Å²) in [5.41, 5.74) is 2.37. The molecule has 0 saturated heterocycles. The predicted molar refractivity (Wildman–Crippen MR) is 115 cm³/mol. The van der Waals surface area contributed by atoms with Crippen LogP contribution >= 0.6 is 0 Å². The molecule has 0 aliphatic heterocycles. The minimum absolute atomic E-state index is 0.104. The molecule has 0 spiro atoms. The van der Waals surface area contributed by atoms with Crippen molar-refractivity contribution in [3.63, 3.8) is 0 Å². The summed E-state index contributed by atoms with van der Waals surface area (Å²) in [6, 6.07) is 13.4. The van der Waals surface area contributed by atoms with Crippen molar-refractivity contribution in [2.24, 2.45) is 0 Å². The second-order valence-electron chi connectivity index (χ2n) is 7.97. The maximum Gasteiger partial charge on any atom is 0.270 e. The first-order valence-corrected chi connectivity index (χ1v) is 10.2. The highest BCUT2D eigenvalue weighted by Gasteiger charge is 2.25. The van der Waals surface area contributed by atoms with Crippen molar-refractivity contribution in [3.8, 4) is 0 Å². The van der Waals surface area contributed by atoms with Crippen LogP contribution in [0.3, 0.4) is 0 Å². The van der Waals surface area contributed by atoms with E-state index in [1.807, 2.05) is 30.2 Å². The molecule has 148 valence electrons. The zero-order chi connectivity index (χ0) is 20.1. The number of carbonyl (C=O) groups is 1. The Hall–Kier alpha value is -2.62. The van der Waals surface area contributed by atoms with Crippen LogP contribution in [-0.2, 0) is 4.79 Å². The second kappa shape index (κ2) is 9.05. The Labute approximate surface area is 167 Å². The zero-order valence-corrected chi connectivity index (χ0v) is 17.1. The van der Waals surface area contributed by atoms with E-state index in [9.17, 15) is 9.59 Å². The summed E-state index contributed by atoms with van der Waals surface area (Å²) in [5, 5.41) is 0. The van der Waals surface area contributed by atoms with Crippen molar-refractivity contribution in [1.82, 2.24) is 9.47 Å². The molecule has 0 bridgehead atoms. The third-order valence-corrected chi connectivity index (χ3v) is 5.65. The van der Waals surface area contributed by atoms with Crippen molar-refractivity contribution in [3.05, 3.63) is 70.1 Å². The van der Waals surface area contributed by atoms with Gasteiger partial charge in [-0.05, 0) is 42.0 Å². The molecular formula is C24H30N2O2. The van der Waals surface area contributed by atoms with Crippen LogP contribution in [0.5, 0.6) is 0 Å². The molecule has 3 rings (SSSR count). The van der Waals surface area contributed by atoms with Crippen molar-refractivity contribution < 1.29 is 4.79 Å². The third-order valence-electron chi connectivity index (χ3n) is 5.65. The lowest BCUT2D eigenvalue weighted by atomic mass is 9.94. The van der Waals surface area contributed by atoms with Crippen molar-refractivity contribution in [1.29, 1.82) is 0 Å². The molecule has 0 unspecified atom stereocenters. The Morgan fingerprint density at radius 3 is 2.36 bits per heavy atom. The van der Waals surface area contributed by atoms with Crippen molar-refractivity contribution in [2.75, 3.05) is 7.05 Å². The average molecular weight is 379 g/mol. The molecule has 28 heavy (non-hydrogen) atoms. The molecule has 0 N–H and O–H groups in total. The second-order valence-corrected chi connectivity index (χ2v) is 7.97. The summed E-state index contributed by atoms with van der Waals surface area (Å²) in [5.74, 6) is 0.349. The summed E-state index contributed by atoms with van der Waals surface area (Å²) in [7, 11) is 1.86. The quantitative estimate of drug-likeness (QED) is 0.704. The average Bonchev–Trinajstić information content (AvgIpc) is 2.72. The van der Waals surface area contributed by atoms with Gasteiger partial charge < -0.3 is 4.90 Å². The highest BCUT2D eigenvalue weighted by atomic mass is 16.2. The number of nitrogens with zero attached hydrogens (tertiary/aromatic N) is 2. The fourth-order valence-corrected chi connectivity index (χ4v) is 3.81. The Morgan fingerprint density at radius 2 is 1.75 bits per heavy atom. The molecule has 0 radical (unpaired) electrons. The number of rotatable bonds is 5. The highest BCUT2D eigenvalue weighted by Crippen LogP contribution is 2.24. The van der Waals surface area contributed by atoms with Crippen molar-refractivity contribution >= 4 is 17.7 Å². The van der Waals surface area contributed by atoms with Gasteiger partial charge in [0, 0.05) is 25.4 Å². The van der Waals surface area contributed by atoms with E-state index in [1.165, 1.54) is 22.6 Å². The Kier molecular flexibility index (Phi) is 6.50. The first kappa shape index (κ1) is 20.1. The number of hydrogen-bond donors (Lipinski definition) is 0. The van der Waals surface area contributed by atoms with Crippen LogP contribution in [0.15, 0.2) is 53.5 Å². The molecule has 1 aromatic carbocycles. The van der Waals surface area contributed by atoms with Crippen LogP contribution in [0, 0.1) is 0 Å². The van der Waals surface area contributed by atoms with Crippen LogP contribution in [-0.4, -0.2) is 28.5 Å². The predicted octanol–water partition coefficient (Wildman–Crippen LogP) is 4.76. The maximum absolute atomic E-state index is 13.4. The van der Waals surface area contributed by atoms with E-state index in [2.05, 4.69) is 26.0 Å². The van der Waals surface area contributed by atoms with Crippen LogP contribution in [0.2, 0.25) is 0 Å². The topological polar surface area (TPSA) is 42.3 Å². The van der Waals surface area contributed by atoms with Gasteiger partial charge in [-0.15, -0.1) is 0 Å². The van der Waals surface area contributed by atoms with E-state index in [0.29, 0.717) is 11.6 Å². The molecular weight excluding hydrogens is 348 g/mol. The molecule has 4 nitrogen and oxygen atoms in total. The van der Waals surface area contributed by atoms with E-state index in [-0.39, 0.29) is 17.5 Å². The lowest BCUT2D eigenvalue weighted by molar-refractivity contribution is -0.126. The Balaban J connectivity index is 1.98. The number of likely N-dealkylation sites (N-methyl/N-ethyl adjacent to an activating group) is 1. The van der Waals surface area contributed by atoms with E-state index >= 15 is 0 Å². The number of pyridine rings is 1. The van der Waals surface area contributed by atoms with Crippen LogP contribution in [0.1, 0.15) is 63.0 Å². The van der Waals surface area contributed by atoms with E-state index in [4.69, 9.17) is 0 Å². The summed E-state index contributed by atoms with van der Waals surface area (Å²) in [6.45, 7) is 4.31. The molecule has 1 saturated carbocycles. The Bertz CT molecular complexity index is 887. The summed E-state index contributed by atoms with van der Waals surface area (Å²) >= 11 is 0.